The number of hydrogen-bond acceptors (Lipinski definition) is 7. The van der Waals surface area contributed by atoms with Crippen molar-refractivity contribution in [1.82, 2.24) is 20.2 Å². The van der Waals surface area contributed by atoms with Crippen LogP contribution >= 0.6 is 11.3 Å². The van der Waals surface area contributed by atoms with Crippen molar-refractivity contribution in [2.24, 2.45) is 5.92 Å². The Morgan fingerprint density at radius 2 is 1.84 bits per heavy atom. The average Bonchev–Trinajstić information content (AvgIpc) is 3.32. The van der Waals surface area contributed by atoms with E-state index in [2.05, 4.69) is 27.5 Å². The fourth-order valence-electron chi connectivity index (χ4n) is 5.65. The zero-order chi connectivity index (χ0) is 27.2. The van der Waals surface area contributed by atoms with Crippen LogP contribution in [-0.4, -0.2) is 62.1 Å². The molecule has 2 saturated heterocycles. The maximum Gasteiger partial charge on any atom is 0.280 e. The van der Waals surface area contributed by atoms with Gasteiger partial charge in [-0.25, -0.2) is 18.7 Å². The van der Waals surface area contributed by atoms with E-state index in [0.29, 0.717) is 11.7 Å². The van der Waals surface area contributed by atoms with Gasteiger partial charge in [0.05, 0.1) is 10.5 Å². The summed E-state index contributed by atoms with van der Waals surface area (Å²) in [7, 11) is 0. The molecule has 2 aliphatic heterocycles. The molecule has 3 aliphatic rings. The van der Waals surface area contributed by atoms with Crippen molar-refractivity contribution in [1.29, 1.82) is 0 Å². The van der Waals surface area contributed by atoms with Crippen molar-refractivity contribution in [3.8, 4) is 10.4 Å². The molecule has 2 bridgehead atoms. The summed E-state index contributed by atoms with van der Waals surface area (Å²) >= 11 is 0.906. The lowest BCUT2D eigenvalue weighted by atomic mass is 10.0. The Labute approximate surface area is 225 Å². The number of nitrogens with one attached hydrogen (secondary N) is 2. The standard InChI is InChI=1S/C27H35F2N5O3S/c1-4-19(14-5-6-14)32-20-11-17(23(28)29)18(12-30-20)22-21(26(36)34-15-7-8-16(34)10-9-15)33-25(38-22)24(35)31-13-27(2,3)37/h11-12,14-16,19,23,37H,4-10,13H2,1-3H3,(H,30,32)(H,31,35)/t15?,16?,19-/m1/s1. The van der Waals surface area contributed by atoms with Crippen LogP contribution in [0.3, 0.4) is 0 Å². The number of anilines is 1. The monoisotopic (exact) mass is 547 g/mol. The highest BCUT2D eigenvalue weighted by atomic mass is 32.1. The van der Waals surface area contributed by atoms with Gasteiger partial charge in [0.25, 0.3) is 18.2 Å². The molecule has 0 spiro atoms. The smallest absolute Gasteiger partial charge is 0.280 e. The van der Waals surface area contributed by atoms with Gasteiger partial charge >= 0.3 is 0 Å². The molecule has 3 fully saturated rings. The summed E-state index contributed by atoms with van der Waals surface area (Å²) in [5.41, 5.74) is -1.27. The second kappa shape index (κ2) is 10.5. The van der Waals surface area contributed by atoms with Gasteiger partial charge in [-0.15, -0.1) is 11.3 Å². The van der Waals surface area contributed by atoms with Crippen LogP contribution < -0.4 is 10.6 Å². The molecular weight excluding hydrogens is 512 g/mol. The third-order valence-electron chi connectivity index (χ3n) is 7.77. The highest BCUT2D eigenvalue weighted by Crippen LogP contribution is 2.43. The Morgan fingerprint density at radius 3 is 2.39 bits per heavy atom. The minimum absolute atomic E-state index is 0.0102. The third kappa shape index (κ3) is 5.54. The molecule has 5 rings (SSSR count). The van der Waals surface area contributed by atoms with Crippen molar-refractivity contribution in [2.45, 2.75) is 95.9 Å². The van der Waals surface area contributed by atoms with E-state index in [4.69, 9.17) is 0 Å². The van der Waals surface area contributed by atoms with E-state index in [1.807, 2.05) is 4.90 Å². The van der Waals surface area contributed by atoms with Gasteiger partial charge in [0, 0.05) is 42.0 Å². The van der Waals surface area contributed by atoms with E-state index in [0.717, 1.165) is 56.3 Å². The Kier molecular flexibility index (Phi) is 7.43. The van der Waals surface area contributed by atoms with Crippen LogP contribution in [-0.2, 0) is 0 Å². The Balaban J connectivity index is 1.52. The molecule has 1 aliphatic carbocycles. The minimum atomic E-state index is -2.81. The average molecular weight is 548 g/mol. The zero-order valence-electron chi connectivity index (χ0n) is 22.0. The Morgan fingerprint density at radius 1 is 1.18 bits per heavy atom. The first-order chi connectivity index (χ1) is 18.1. The number of fused-ring (bicyclic) bond motifs is 2. The number of halogens is 2. The molecule has 206 valence electrons. The second-order valence-electron chi connectivity index (χ2n) is 11.3. The van der Waals surface area contributed by atoms with Crippen molar-refractivity contribution >= 4 is 29.0 Å². The normalized spacial score (nSPS) is 21.7. The number of nitrogens with zero attached hydrogens (tertiary/aromatic N) is 3. The first-order valence-electron chi connectivity index (χ1n) is 13.4. The minimum Gasteiger partial charge on any atom is -0.389 e. The van der Waals surface area contributed by atoms with Crippen molar-refractivity contribution in [3.63, 3.8) is 0 Å². The van der Waals surface area contributed by atoms with Crippen molar-refractivity contribution in [3.05, 3.63) is 28.5 Å². The molecule has 0 radical (unpaired) electrons. The SMILES string of the molecule is CC[C@@H](Nc1cc(C(F)F)c(-c2sc(C(=O)NCC(C)(C)O)nc2C(=O)N2C3CCC2CC3)cn1)C1CC1. The molecule has 38 heavy (non-hydrogen) atoms. The van der Waals surface area contributed by atoms with E-state index in [-0.39, 0.29) is 57.3 Å². The lowest BCUT2D eigenvalue weighted by molar-refractivity contribution is 0.0692. The zero-order valence-corrected chi connectivity index (χ0v) is 22.8. The fraction of sp³-hybridized carbons (Fsp3) is 0.630. The third-order valence-corrected chi connectivity index (χ3v) is 8.86. The number of alkyl halides is 2. The van der Waals surface area contributed by atoms with E-state index in [1.165, 1.54) is 12.3 Å². The molecular formula is C27H35F2N5O3S. The molecule has 1 saturated carbocycles. The number of carbonyl (C=O) groups is 2. The summed E-state index contributed by atoms with van der Waals surface area (Å²) in [5, 5.41) is 15.9. The van der Waals surface area contributed by atoms with Gasteiger partial charge in [0.15, 0.2) is 5.01 Å². The van der Waals surface area contributed by atoms with Gasteiger partial charge in [-0.3, -0.25) is 9.59 Å². The summed E-state index contributed by atoms with van der Waals surface area (Å²) in [6.45, 7) is 5.15. The van der Waals surface area contributed by atoms with Crippen LogP contribution in [0.25, 0.3) is 10.4 Å². The summed E-state index contributed by atoms with van der Waals surface area (Å²) in [6, 6.07) is 1.76. The number of rotatable bonds is 10. The fourth-order valence-corrected chi connectivity index (χ4v) is 6.65. The van der Waals surface area contributed by atoms with E-state index >= 15 is 0 Å². The molecule has 0 aromatic carbocycles. The molecule has 2 aromatic heterocycles. The molecule has 1 atom stereocenters. The first kappa shape index (κ1) is 26.9. The predicted molar refractivity (Wildman–Crippen MR) is 142 cm³/mol. The number of pyridine rings is 1. The second-order valence-corrected chi connectivity index (χ2v) is 12.3. The quantitative estimate of drug-likeness (QED) is 0.386. The van der Waals surface area contributed by atoms with Gasteiger partial charge in [-0.1, -0.05) is 6.92 Å². The van der Waals surface area contributed by atoms with E-state index in [9.17, 15) is 23.5 Å². The summed E-state index contributed by atoms with van der Waals surface area (Å²) in [6.07, 6.45) is 5.32. The number of hydrogen-bond donors (Lipinski definition) is 3. The van der Waals surface area contributed by atoms with Crippen LogP contribution in [0, 0.1) is 5.92 Å². The highest BCUT2D eigenvalue weighted by molar-refractivity contribution is 7.17. The van der Waals surface area contributed by atoms with E-state index < -0.39 is 17.9 Å². The summed E-state index contributed by atoms with van der Waals surface area (Å²) in [4.78, 5) is 37.5. The first-order valence-corrected chi connectivity index (χ1v) is 14.3. The topological polar surface area (TPSA) is 107 Å². The number of aliphatic hydroxyl groups is 1. The lowest BCUT2D eigenvalue weighted by Crippen LogP contribution is -2.38. The van der Waals surface area contributed by atoms with Crippen LogP contribution in [0.2, 0.25) is 0 Å². The Bertz CT molecular complexity index is 1190. The van der Waals surface area contributed by atoms with Crippen LogP contribution in [0.4, 0.5) is 14.6 Å². The number of aromatic nitrogens is 2. The van der Waals surface area contributed by atoms with Gasteiger partial charge in [-0.05, 0) is 70.8 Å². The van der Waals surface area contributed by atoms with Gasteiger partial charge in [0.1, 0.15) is 11.5 Å². The summed E-state index contributed by atoms with van der Waals surface area (Å²) in [5.74, 6) is 0.00999. The van der Waals surface area contributed by atoms with Gasteiger partial charge in [-0.2, -0.15) is 0 Å². The maximum atomic E-state index is 14.4. The lowest BCUT2D eigenvalue weighted by Gasteiger charge is -2.22. The van der Waals surface area contributed by atoms with Crippen molar-refractivity contribution < 1.29 is 23.5 Å². The number of carbonyl (C=O) groups excluding carboxylic acids is 2. The molecule has 8 nitrogen and oxygen atoms in total. The Hall–Kier alpha value is -2.66. The maximum absolute atomic E-state index is 14.4. The number of amides is 2. The van der Waals surface area contributed by atoms with Crippen LogP contribution in [0.15, 0.2) is 12.3 Å². The number of thiazole rings is 1. The van der Waals surface area contributed by atoms with Gasteiger partial charge in [0.2, 0.25) is 0 Å². The molecule has 2 aromatic rings. The van der Waals surface area contributed by atoms with Crippen LogP contribution in [0.5, 0.6) is 0 Å². The molecule has 0 unspecified atom stereocenters. The predicted octanol–water partition coefficient (Wildman–Crippen LogP) is 5.01. The molecule has 2 amide bonds. The molecule has 4 heterocycles. The highest BCUT2D eigenvalue weighted by Gasteiger charge is 2.44. The van der Waals surface area contributed by atoms with E-state index in [1.54, 1.807) is 13.8 Å². The van der Waals surface area contributed by atoms with Crippen LogP contribution in [0.1, 0.15) is 98.0 Å². The largest absolute Gasteiger partial charge is 0.389 e. The van der Waals surface area contributed by atoms with Crippen molar-refractivity contribution in [2.75, 3.05) is 11.9 Å². The molecule has 11 heteroatoms. The van der Waals surface area contributed by atoms with Gasteiger partial charge < -0.3 is 20.6 Å². The molecule has 3 N–H and O–H groups in total. The summed E-state index contributed by atoms with van der Waals surface area (Å²) < 4.78 is 28.8.